The molecule has 0 saturated carbocycles. The summed E-state index contributed by atoms with van der Waals surface area (Å²) in [5.74, 6) is -1.18. The zero-order valence-electron chi connectivity index (χ0n) is 14.6. The lowest BCUT2D eigenvalue weighted by Crippen LogP contribution is -2.13. The van der Waals surface area contributed by atoms with E-state index in [9.17, 15) is 28.1 Å². The van der Waals surface area contributed by atoms with Crippen LogP contribution in [0.2, 0.25) is 0 Å². The highest BCUT2D eigenvalue weighted by molar-refractivity contribution is 8.01. The van der Waals surface area contributed by atoms with Gasteiger partial charge in [-0.1, -0.05) is 23.1 Å². The van der Waals surface area contributed by atoms with Crippen LogP contribution in [0.15, 0.2) is 27.4 Å². The number of thioether (sulfide) groups is 1. The SMILES string of the molecule is CCOC(=O)CSc1nnc(NC(=O)c2cc([N+](=O)[O-])cc(S(C)(=O)=O)c2)s1. The minimum atomic E-state index is -3.76. The maximum atomic E-state index is 12.4. The Balaban J connectivity index is 2.16. The first-order chi connectivity index (χ1) is 13.1. The summed E-state index contributed by atoms with van der Waals surface area (Å²) in [6.45, 7) is 1.94. The number of ether oxygens (including phenoxy) is 1. The molecular formula is C14H14N4O7S3. The number of non-ortho nitro benzene ring substituents is 1. The summed E-state index contributed by atoms with van der Waals surface area (Å²) < 4.78 is 28.6. The topological polar surface area (TPSA) is 158 Å². The van der Waals surface area contributed by atoms with Gasteiger partial charge in [0.15, 0.2) is 14.2 Å². The van der Waals surface area contributed by atoms with Crippen LogP contribution in [0.5, 0.6) is 0 Å². The van der Waals surface area contributed by atoms with Crippen LogP contribution in [-0.4, -0.2) is 54.0 Å². The summed E-state index contributed by atoms with van der Waals surface area (Å²) in [4.78, 5) is 33.5. The number of hydrogen-bond donors (Lipinski definition) is 1. The van der Waals surface area contributed by atoms with Crippen LogP contribution in [0.4, 0.5) is 10.8 Å². The van der Waals surface area contributed by atoms with Crippen LogP contribution in [0.3, 0.4) is 0 Å². The maximum absolute atomic E-state index is 12.4. The Labute approximate surface area is 167 Å². The number of amides is 1. The summed E-state index contributed by atoms with van der Waals surface area (Å²) in [5.41, 5.74) is -0.749. The van der Waals surface area contributed by atoms with E-state index in [1.54, 1.807) is 6.92 Å². The van der Waals surface area contributed by atoms with Gasteiger partial charge in [0, 0.05) is 24.0 Å². The zero-order valence-corrected chi connectivity index (χ0v) is 17.0. The third-order valence-electron chi connectivity index (χ3n) is 3.04. The van der Waals surface area contributed by atoms with E-state index in [2.05, 4.69) is 15.5 Å². The van der Waals surface area contributed by atoms with Crippen LogP contribution < -0.4 is 5.32 Å². The molecule has 0 atom stereocenters. The Morgan fingerprint density at radius 3 is 2.64 bits per heavy atom. The summed E-state index contributed by atoms with van der Waals surface area (Å²) in [7, 11) is -3.76. The Morgan fingerprint density at radius 2 is 2.04 bits per heavy atom. The molecule has 1 heterocycles. The van der Waals surface area contributed by atoms with Gasteiger partial charge in [-0.25, -0.2) is 8.42 Å². The van der Waals surface area contributed by atoms with Gasteiger partial charge in [0.05, 0.1) is 22.2 Å². The number of nitro benzene ring substituents is 1. The van der Waals surface area contributed by atoms with Crippen molar-refractivity contribution in [2.45, 2.75) is 16.2 Å². The molecule has 1 N–H and O–H groups in total. The molecule has 0 bridgehead atoms. The van der Waals surface area contributed by atoms with Gasteiger partial charge >= 0.3 is 5.97 Å². The fourth-order valence-corrected chi connectivity index (χ4v) is 4.07. The van der Waals surface area contributed by atoms with Crippen LogP contribution in [0, 0.1) is 10.1 Å². The molecule has 0 fully saturated rings. The Bertz CT molecular complexity index is 1020. The molecule has 28 heavy (non-hydrogen) atoms. The summed E-state index contributed by atoms with van der Waals surface area (Å²) in [6, 6.07) is 2.87. The quantitative estimate of drug-likeness (QED) is 0.208. The van der Waals surface area contributed by atoms with E-state index in [-0.39, 0.29) is 28.0 Å². The van der Waals surface area contributed by atoms with Crippen molar-refractivity contribution >= 4 is 55.6 Å². The molecule has 150 valence electrons. The van der Waals surface area contributed by atoms with Gasteiger partial charge in [0.25, 0.3) is 11.6 Å². The van der Waals surface area contributed by atoms with E-state index in [0.717, 1.165) is 47.6 Å². The molecule has 14 heteroatoms. The molecule has 1 aromatic heterocycles. The molecule has 0 radical (unpaired) electrons. The van der Waals surface area contributed by atoms with E-state index < -0.39 is 32.3 Å². The largest absolute Gasteiger partial charge is 0.465 e. The molecular weight excluding hydrogens is 432 g/mol. The second kappa shape index (κ2) is 9.07. The average Bonchev–Trinajstić information content (AvgIpc) is 3.06. The summed E-state index contributed by atoms with van der Waals surface area (Å²) >= 11 is 2.06. The molecule has 2 aromatic rings. The number of nitro groups is 1. The highest BCUT2D eigenvalue weighted by atomic mass is 32.2. The number of aromatic nitrogens is 2. The molecule has 11 nitrogen and oxygen atoms in total. The van der Waals surface area contributed by atoms with Crippen LogP contribution >= 0.6 is 23.1 Å². The summed E-state index contributed by atoms with van der Waals surface area (Å²) in [5, 5.41) is 21.0. The molecule has 0 aliphatic carbocycles. The van der Waals surface area contributed by atoms with Crippen molar-refractivity contribution in [2.24, 2.45) is 0 Å². The first kappa shape index (κ1) is 21.7. The number of anilines is 1. The number of carbonyl (C=O) groups excluding carboxylic acids is 2. The number of hydrogen-bond acceptors (Lipinski definition) is 11. The predicted octanol–water partition coefficient (Wildman–Crippen LogP) is 1.76. The molecule has 0 saturated heterocycles. The van der Waals surface area contributed by atoms with Crippen molar-refractivity contribution in [3.8, 4) is 0 Å². The lowest BCUT2D eigenvalue weighted by molar-refractivity contribution is -0.385. The van der Waals surface area contributed by atoms with Gasteiger partial charge in [0.2, 0.25) is 5.13 Å². The maximum Gasteiger partial charge on any atom is 0.316 e. The number of carbonyl (C=O) groups is 2. The average molecular weight is 446 g/mol. The van der Waals surface area contributed by atoms with Crippen molar-refractivity contribution < 1.29 is 27.7 Å². The number of rotatable bonds is 8. The first-order valence-electron chi connectivity index (χ1n) is 7.53. The van der Waals surface area contributed by atoms with Crippen LogP contribution in [0.1, 0.15) is 17.3 Å². The fraction of sp³-hybridized carbons (Fsp3) is 0.286. The highest BCUT2D eigenvalue weighted by Gasteiger charge is 2.20. The molecule has 0 aliphatic heterocycles. The van der Waals surface area contributed by atoms with Gasteiger partial charge in [-0.3, -0.25) is 25.0 Å². The van der Waals surface area contributed by atoms with Crippen LogP contribution in [0.25, 0.3) is 0 Å². The van der Waals surface area contributed by atoms with Crippen molar-refractivity contribution in [3.05, 3.63) is 33.9 Å². The molecule has 1 amide bonds. The van der Waals surface area contributed by atoms with Gasteiger partial charge < -0.3 is 4.74 Å². The van der Waals surface area contributed by atoms with Gasteiger partial charge in [0.1, 0.15) is 0 Å². The zero-order chi connectivity index (χ0) is 20.9. The van der Waals surface area contributed by atoms with E-state index >= 15 is 0 Å². The predicted molar refractivity (Wildman–Crippen MR) is 101 cm³/mol. The lowest BCUT2D eigenvalue weighted by Gasteiger charge is -2.04. The van der Waals surface area contributed by atoms with Gasteiger partial charge in [-0.05, 0) is 13.0 Å². The second-order valence-corrected chi connectivity index (χ2v) is 9.38. The van der Waals surface area contributed by atoms with Crippen molar-refractivity contribution in [1.29, 1.82) is 0 Å². The number of esters is 1. The molecule has 0 spiro atoms. The number of sulfone groups is 1. The molecule has 0 aliphatic rings. The third kappa shape index (κ3) is 5.97. The van der Waals surface area contributed by atoms with E-state index in [1.807, 2.05) is 0 Å². The Kier molecular flexibility index (Phi) is 7.04. The van der Waals surface area contributed by atoms with E-state index in [1.165, 1.54) is 0 Å². The Hall–Kier alpha value is -2.58. The lowest BCUT2D eigenvalue weighted by atomic mass is 10.2. The standard InChI is InChI=1S/C14H14N4O7S3/c1-3-25-11(19)7-26-14-17-16-13(27-14)15-12(20)8-4-9(18(21)22)6-10(5-8)28(2,23)24/h4-6H,3,7H2,1-2H3,(H,15,16,20). The van der Waals surface area contributed by atoms with Crippen molar-refractivity contribution in [3.63, 3.8) is 0 Å². The minimum absolute atomic E-state index is 0.0268. The smallest absolute Gasteiger partial charge is 0.316 e. The van der Waals surface area contributed by atoms with E-state index in [4.69, 9.17) is 4.74 Å². The first-order valence-corrected chi connectivity index (χ1v) is 11.2. The summed E-state index contributed by atoms with van der Waals surface area (Å²) in [6.07, 6.45) is 0.880. The normalized spacial score (nSPS) is 11.1. The van der Waals surface area contributed by atoms with Crippen molar-refractivity contribution in [2.75, 3.05) is 23.9 Å². The molecule has 2 rings (SSSR count). The number of nitrogens with one attached hydrogen (secondary N) is 1. The third-order valence-corrected chi connectivity index (χ3v) is 6.08. The second-order valence-electron chi connectivity index (χ2n) is 5.17. The Morgan fingerprint density at radius 1 is 1.32 bits per heavy atom. The number of nitrogens with zero attached hydrogens (tertiary/aromatic N) is 3. The monoisotopic (exact) mass is 446 g/mol. The van der Waals surface area contributed by atoms with Crippen LogP contribution in [-0.2, 0) is 19.4 Å². The fourth-order valence-electron chi connectivity index (χ4n) is 1.85. The minimum Gasteiger partial charge on any atom is -0.465 e. The highest BCUT2D eigenvalue weighted by Crippen LogP contribution is 2.27. The molecule has 0 unspecified atom stereocenters. The van der Waals surface area contributed by atoms with Crippen molar-refractivity contribution in [1.82, 2.24) is 10.2 Å². The molecule has 1 aromatic carbocycles. The van der Waals surface area contributed by atoms with Gasteiger partial charge in [-0.15, -0.1) is 10.2 Å². The van der Waals surface area contributed by atoms with E-state index in [0.29, 0.717) is 4.34 Å². The van der Waals surface area contributed by atoms with Gasteiger partial charge in [-0.2, -0.15) is 0 Å². The number of benzene rings is 1.